The summed E-state index contributed by atoms with van der Waals surface area (Å²) in [6.07, 6.45) is 4.80. The summed E-state index contributed by atoms with van der Waals surface area (Å²) >= 11 is 0. The van der Waals surface area contributed by atoms with E-state index in [0.29, 0.717) is 24.0 Å². The minimum absolute atomic E-state index is 0.330. The van der Waals surface area contributed by atoms with Crippen LogP contribution < -0.4 is 5.32 Å². The molecule has 1 heterocycles. The van der Waals surface area contributed by atoms with Gasteiger partial charge >= 0.3 is 0 Å². The molecule has 0 spiro atoms. The number of hydrogen-bond acceptors (Lipinski definition) is 3. The first kappa shape index (κ1) is 16.9. The van der Waals surface area contributed by atoms with E-state index in [9.17, 15) is 0 Å². The highest BCUT2D eigenvalue weighted by molar-refractivity contribution is 4.82. The van der Waals surface area contributed by atoms with Gasteiger partial charge in [0.1, 0.15) is 0 Å². The predicted molar refractivity (Wildman–Crippen MR) is 82.4 cm³/mol. The molecule has 2 N–H and O–H groups in total. The molecule has 0 aromatic heterocycles. The van der Waals surface area contributed by atoms with Gasteiger partial charge in [0.15, 0.2) is 0 Å². The van der Waals surface area contributed by atoms with Crippen molar-refractivity contribution in [3.05, 3.63) is 0 Å². The number of hydrogen-bond donors (Lipinski definition) is 2. The third kappa shape index (κ3) is 6.24. The number of nitrogens with one attached hydrogen (secondary N) is 1. The van der Waals surface area contributed by atoms with Crippen LogP contribution in [0.1, 0.15) is 53.4 Å². The van der Waals surface area contributed by atoms with Gasteiger partial charge in [-0.2, -0.15) is 0 Å². The summed E-state index contributed by atoms with van der Waals surface area (Å²) in [4.78, 5) is 2.60. The molecule has 1 fully saturated rings. The number of rotatable bonds is 7. The van der Waals surface area contributed by atoms with Crippen LogP contribution in [0.3, 0.4) is 0 Å². The summed E-state index contributed by atoms with van der Waals surface area (Å²) in [5.74, 6) is 0.714. The average molecular weight is 270 g/mol. The van der Waals surface area contributed by atoms with Crippen molar-refractivity contribution in [1.82, 2.24) is 10.2 Å². The van der Waals surface area contributed by atoms with E-state index >= 15 is 0 Å². The van der Waals surface area contributed by atoms with Crippen molar-refractivity contribution in [1.29, 1.82) is 0 Å². The van der Waals surface area contributed by atoms with E-state index in [1.54, 1.807) is 0 Å². The second-order valence-electron chi connectivity index (χ2n) is 7.09. The van der Waals surface area contributed by atoms with E-state index in [4.69, 9.17) is 5.11 Å². The summed E-state index contributed by atoms with van der Waals surface area (Å²) < 4.78 is 0. The van der Waals surface area contributed by atoms with E-state index in [1.807, 2.05) is 0 Å². The molecule has 19 heavy (non-hydrogen) atoms. The van der Waals surface area contributed by atoms with E-state index in [0.717, 1.165) is 13.0 Å². The van der Waals surface area contributed by atoms with E-state index < -0.39 is 0 Å². The average Bonchev–Trinajstić information content (AvgIpc) is 2.34. The molecular weight excluding hydrogens is 236 g/mol. The highest BCUT2D eigenvalue weighted by Crippen LogP contribution is 2.24. The molecule has 114 valence electrons. The lowest BCUT2D eigenvalue weighted by Gasteiger charge is -2.36. The molecule has 3 nitrogen and oxygen atoms in total. The Morgan fingerprint density at radius 3 is 2.68 bits per heavy atom. The molecular formula is C16H34N2O. The van der Waals surface area contributed by atoms with Crippen molar-refractivity contribution in [3.8, 4) is 0 Å². The van der Waals surface area contributed by atoms with Gasteiger partial charge in [0, 0.05) is 19.2 Å². The molecule has 0 aliphatic carbocycles. The van der Waals surface area contributed by atoms with Crippen LogP contribution in [0.5, 0.6) is 0 Å². The monoisotopic (exact) mass is 270 g/mol. The maximum Gasteiger partial charge on any atom is 0.0434 e. The lowest BCUT2D eigenvalue weighted by molar-refractivity contribution is 0.133. The Labute approximate surface area is 119 Å². The second-order valence-corrected chi connectivity index (χ2v) is 7.09. The number of aliphatic hydroxyl groups is 1. The number of nitrogens with zero attached hydrogens (tertiary/aromatic N) is 1. The molecule has 2 atom stereocenters. The minimum atomic E-state index is 0.330. The van der Waals surface area contributed by atoms with E-state index in [2.05, 4.69) is 37.9 Å². The maximum absolute atomic E-state index is 9.07. The first-order valence-corrected chi connectivity index (χ1v) is 8.04. The van der Waals surface area contributed by atoms with Crippen LogP contribution in [0.15, 0.2) is 0 Å². The molecule has 0 amide bonds. The third-order valence-corrected chi connectivity index (χ3v) is 4.37. The topological polar surface area (TPSA) is 35.5 Å². The van der Waals surface area contributed by atoms with Crippen LogP contribution in [0.25, 0.3) is 0 Å². The van der Waals surface area contributed by atoms with Gasteiger partial charge in [0.2, 0.25) is 0 Å². The zero-order valence-electron chi connectivity index (χ0n) is 13.4. The van der Waals surface area contributed by atoms with Gasteiger partial charge in [0.25, 0.3) is 0 Å². The molecule has 0 aromatic carbocycles. The Bertz CT molecular complexity index is 235. The normalized spacial score (nSPS) is 23.5. The predicted octanol–water partition coefficient (Wildman–Crippen LogP) is 2.50. The van der Waals surface area contributed by atoms with Crippen LogP contribution in [-0.4, -0.2) is 48.8 Å². The van der Waals surface area contributed by atoms with Gasteiger partial charge in [-0.25, -0.2) is 0 Å². The number of aliphatic hydroxyl groups excluding tert-OH is 1. The van der Waals surface area contributed by atoms with Gasteiger partial charge in [0.05, 0.1) is 0 Å². The molecule has 1 aliphatic rings. The van der Waals surface area contributed by atoms with Gasteiger partial charge in [-0.15, -0.1) is 0 Å². The SMILES string of the molecule is CCNC(CCN1CCCC(CCO)C1)C(C)(C)C. The van der Waals surface area contributed by atoms with Crippen LogP contribution in [0.2, 0.25) is 0 Å². The molecule has 0 radical (unpaired) electrons. The summed E-state index contributed by atoms with van der Waals surface area (Å²) in [5, 5.41) is 12.7. The molecule has 1 saturated heterocycles. The Hall–Kier alpha value is -0.120. The molecule has 0 bridgehead atoms. The van der Waals surface area contributed by atoms with Crippen LogP contribution in [0.4, 0.5) is 0 Å². The Morgan fingerprint density at radius 1 is 1.37 bits per heavy atom. The zero-order chi connectivity index (χ0) is 14.3. The molecule has 2 unspecified atom stereocenters. The van der Waals surface area contributed by atoms with Crippen molar-refractivity contribution < 1.29 is 5.11 Å². The summed E-state index contributed by atoms with van der Waals surface area (Å²) in [6.45, 7) is 14.2. The van der Waals surface area contributed by atoms with E-state index in [-0.39, 0.29) is 0 Å². The Kier molecular flexibility index (Phi) is 7.33. The zero-order valence-corrected chi connectivity index (χ0v) is 13.4. The fraction of sp³-hybridized carbons (Fsp3) is 1.00. The molecule has 0 saturated carbocycles. The highest BCUT2D eigenvalue weighted by atomic mass is 16.3. The van der Waals surface area contributed by atoms with Crippen molar-refractivity contribution in [3.63, 3.8) is 0 Å². The lowest BCUT2D eigenvalue weighted by atomic mass is 9.84. The molecule has 3 heteroatoms. The van der Waals surface area contributed by atoms with Crippen molar-refractivity contribution >= 4 is 0 Å². The minimum Gasteiger partial charge on any atom is -0.396 e. The summed E-state index contributed by atoms with van der Waals surface area (Å²) in [7, 11) is 0. The van der Waals surface area contributed by atoms with Crippen LogP contribution in [-0.2, 0) is 0 Å². The fourth-order valence-corrected chi connectivity index (χ4v) is 3.17. The number of likely N-dealkylation sites (tertiary alicyclic amines) is 1. The van der Waals surface area contributed by atoms with Gasteiger partial charge in [-0.05, 0) is 56.7 Å². The lowest BCUT2D eigenvalue weighted by Crippen LogP contribution is -2.44. The Balaban J connectivity index is 2.37. The van der Waals surface area contributed by atoms with Crippen molar-refractivity contribution in [2.45, 2.75) is 59.4 Å². The molecule has 0 aromatic rings. The first-order valence-electron chi connectivity index (χ1n) is 8.04. The highest BCUT2D eigenvalue weighted by Gasteiger charge is 2.25. The quantitative estimate of drug-likeness (QED) is 0.746. The largest absolute Gasteiger partial charge is 0.396 e. The van der Waals surface area contributed by atoms with Crippen molar-refractivity contribution in [2.24, 2.45) is 11.3 Å². The van der Waals surface area contributed by atoms with Crippen LogP contribution >= 0.6 is 0 Å². The van der Waals surface area contributed by atoms with Crippen LogP contribution in [0, 0.1) is 11.3 Å². The third-order valence-electron chi connectivity index (χ3n) is 4.37. The second kappa shape index (κ2) is 8.23. The number of piperidine rings is 1. The Morgan fingerprint density at radius 2 is 2.11 bits per heavy atom. The summed E-state index contributed by atoms with van der Waals surface area (Å²) in [5.41, 5.74) is 0.330. The smallest absolute Gasteiger partial charge is 0.0434 e. The van der Waals surface area contributed by atoms with Gasteiger partial charge in [-0.3, -0.25) is 0 Å². The van der Waals surface area contributed by atoms with E-state index in [1.165, 1.54) is 38.9 Å². The molecule has 1 rings (SSSR count). The van der Waals surface area contributed by atoms with Gasteiger partial charge < -0.3 is 15.3 Å². The summed E-state index contributed by atoms with van der Waals surface area (Å²) in [6, 6.07) is 0.593. The molecule has 1 aliphatic heterocycles. The fourth-order valence-electron chi connectivity index (χ4n) is 3.17. The van der Waals surface area contributed by atoms with Crippen molar-refractivity contribution in [2.75, 3.05) is 32.8 Å². The standard InChI is InChI=1S/C16H34N2O/c1-5-17-15(16(2,3)4)8-11-18-10-6-7-14(13-18)9-12-19/h14-15,17,19H,5-13H2,1-4H3. The maximum atomic E-state index is 9.07. The van der Waals surface area contributed by atoms with Gasteiger partial charge in [-0.1, -0.05) is 27.7 Å². The first-order chi connectivity index (χ1) is 8.97.